The molecule has 0 N–H and O–H groups in total. The highest BCUT2D eigenvalue weighted by Gasteiger charge is 2.24. The first-order chi connectivity index (χ1) is 9.56. The van der Waals surface area contributed by atoms with Crippen molar-refractivity contribution >= 4 is 24.9 Å². The first-order valence-corrected chi connectivity index (χ1v) is 6.99. The molecule has 3 heterocycles. The molecule has 1 aliphatic rings. The molecular weight excluding hydrogens is 251 g/mol. The van der Waals surface area contributed by atoms with Crippen LogP contribution in [0.4, 0.5) is 0 Å². The zero-order valence-electron chi connectivity index (χ0n) is 12.3. The second-order valence-electron chi connectivity index (χ2n) is 5.58. The molecule has 0 unspecified atom stereocenters. The number of hydrogen-bond acceptors (Lipinski definition) is 3. The molecule has 1 amide bonds. The zero-order chi connectivity index (χ0) is 14.3. The number of nitrogens with zero attached hydrogens (tertiary/aromatic N) is 4. The molecule has 3 rings (SSSR count). The molecule has 5 nitrogen and oxygen atoms in total. The molecule has 0 saturated carbocycles. The molecule has 2 aromatic heterocycles. The van der Waals surface area contributed by atoms with Crippen molar-refractivity contribution in [1.29, 1.82) is 0 Å². The van der Waals surface area contributed by atoms with Crippen LogP contribution in [0.5, 0.6) is 0 Å². The van der Waals surface area contributed by atoms with E-state index in [1.165, 1.54) is 0 Å². The highest BCUT2D eigenvalue weighted by Crippen LogP contribution is 2.14. The van der Waals surface area contributed by atoms with Crippen LogP contribution in [0.3, 0.4) is 0 Å². The van der Waals surface area contributed by atoms with Crippen LogP contribution in [0, 0.1) is 6.92 Å². The number of likely N-dealkylation sites (N-methyl/N-ethyl adjacent to an activating group) is 1. The summed E-state index contributed by atoms with van der Waals surface area (Å²) >= 11 is 0. The minimum absolute atomic E-state index is 0.0914. The summed E-state index contributed by atoms with van der Waals surface area (Å²) in [4.78, 5) is 21.4. The van der Waals surface area contributed by atoms with Gasteiger partial charge in [0.25, 0.3) is 5.91 Å². The van der Waals surface area contributed by atoms with Gasteiger partial charge in [0.1, 0.15) is 19.2 Å². The van der Waals surface area contributed by atoms with Gasteiger partial charge in [-0.3, -0.25) is 9.20 Å². The van der Waals surface area contributed by atoms with Crippen molar-refractivity contribution in [2.75, 3.05) is 33.2 Å². The Morgan fingerprint density at radius 2 is 1.95 bits per heavy atom. The van der Waals surface area contributed by atoms with Crippen LogP contribution in [0.15, 0.2) is 18.3 Å². The highest BCUT2D eigenvalue weighted by molar-refractivity contribution is 6.32. The summed E-state index contributed by atoms with van der Waals surface area (Å²) in [6.07, 6.45) is 1.98. The van der Waals surface area contributed by atoms with Gasteiger partial charge in [0.15, 0.2) is 0 Å². The van der Waals surface area contributed by atoms with Crippen LogP contribution in [0.25, 0.3) is 5.65 Å². The smallest absolute Gasteiger partial charge is 0.272 e. The van der Waals surface area contributed by atoms with Gasteiger partial charge in [-0.1, -0.05) is 11.5 Å². The van der Waals surface area contributed by atoms with E-state index in [2.05, 4.69) is 16.9 Å². The summed E-state index contributed by atoms with van der Waals surface area (Å²) < 4.78 is 1.92. The third-order valence-electron chi connectivity index (χ3n) is 3.93. The van der Waals surface area contributed by atoms with Crippen molar-refractivity contribution in [3.8, 4) is 0 Å². The molecule has 1 aliphatic heterocycles. The van der Waals surface area contributed by atoms with E-state index in [0.29, 0.717) is 5.69 Å². The maximum atomic E-state index is 12.8. The van der Waals surface area contributed by atoms with E-state index in [0.717, 1.165) is 43.0 Å². The summed E-state index contributed by atoms with van der Waals surface area (Å²) in [6.45, 7) is 5.34. The number of aromatic nitrogens is 2. The second kappa shape index (κ2) is 4.94. The monoisotopic (exact) mass is 270 g/mol. The van der Waals surface area contributed by atoms with E-state index >= 15 is 0 Å². The number of fused-ring (bicyclic) bond motifs is 1. The zero-order valence-corrected chi connectivity index (χ0v) is 12.3. The Balaban J connectivity index is 1.98. The van der Waals surface area contributed by atoms with Gasteiger partial charge in [-0.2, -0.15) is 0 Å². The van der Waals surface area contributed by atoms with E-state index in [1.807, 2.05) is 42.4 Å². The number of piperazine rings is 1. The third kappa shape index (κ3) is 2.20. The fraction of sp³-hybridized carbons (Fsp3) is 0.429. The fourth-order valence-corrected chi connectivity index (χ4v) is 2.69. The average Bonchev–Trinajstić information content (AvgIpc) is 2.74. The lowest BCUT2D eigenvalue weighted by atomic mass is 9.99. The normalized spacial score (nSPS) is 16.8. The fourth-order valence-electron chi connectivity index (χ4n) is 2.69. The number of hydrogen-bond donors (Lipinski definition) is 0. The molecule has 0 radical (unpaired) electrons. The van der Waals surface area contributed by atoms with E-state index < -0.39 is 0 Å². The van der Waals surface area contributed by atoms with Crippen molar-refractivity contribution in [3.63, 3.8) is 0 Å². The Morgan fingerprint density at radius 3 is 2.65 bits per heavy atom. The van der Waals surface area contributed by atoms with Gasteiger partial charge in [0.05, 0.1) is 5.69 Å². The summed E-state index contributed by atoms with van der Waals surface area (Å²) in [7, 11) is 4.11. The lowest BCUT2D eigenvalue weighted by Crippen LogP contribution is -2.47. The molecule has 104 valence electrons. The summed E-state index contributed by atoms with van der Waals surface area (Å²) in [5, 5.41) is 0. The van der Waals surface area contributed by atoms with Crippen molar-refractivity contribution in [2.24, 2.45) is 0 Å². The molecule has 1 saturated heterocycles. The third-order valence-corrected chi connectivity index (χ3v) is 3.93. The summed E-state index contributed by atoms with van der Waals surface area (Å²) in [6, 6.07) is 3.98. The van der Waals surface area contributed by atoms with Crippen LogP contribution < -0.4 is 5.46 Å². The largest absolute Gasteiger partial charge is 0.335 e. The minimum atomic E-state index is 0.0914. The van der Waals surface area contributed by atoms with E-state index in [1.54, 1.807) is 0 Å². The molecule has 0 spiro atoms. The lowest BCUT2D eigenvalue weighted by Gasteiger charge is -2.32. The number of aryl methyl sites for hydroxylation is 1. The average molecular weight is 270 g/mol. The standard InChI is InChI=1S/C14H19BN4O/c1-10-13(14(20)18-7-5-17(2)6-8-18)19-9-11(15)3-4-12(19)16-10/h3-4,9H,5-8,15H2,1-2H3. The van der Waals surface area contributed by atoms with Gasteiger partial charge in [-0.25, -0.2) is 4.98 Å². The molecule has 0 aromatic carbocycles. The Hall–Kier alpha value is -1.82. The Morgan fingerprint density at radius 1 is 1.25 bits per heavy atom. The summed E-state index contributed by atoms with van der Waals surface area (Å²) in [5.41, 5.74) is 3.47. The quantitative estimate of drug-likeness (QED) is 0.643. The van der Waals surface area contributed by atoms with E-state index in [9.17, 15) is 4.79 Å². The van der Waals surface area contributed by atoms with Crippen molar-refractivity contribution in [3.05, 3.63) is 29.7 Å². The van der Waals surface area contributed by atoms with Crippen LogP contribution in [-0.4, -0.2) is 66.2 Å². The molecule has 2 aromatic rings. The maximum absolute atomic E-state index is 12.8. The molecular formula is C14H19BN4O. The topological polar surface area (TPSA) is 40.9 Å². The van der Waals surface area contributed by atoms with Crippen LogP contribution in [0.1, 0.15) is 16.2 Å². The predicted molar refractivity (Wildman–Crippen MR) is 81.5 cm³/mol. The van der Waals surface area contributed by atoms with Crippen molar-refractivity contribution in [1.82, 2.24) is 19.2 Å². The second-order valence-corrected chi connectivity index (χ2v) is 5.58. The van der Waals surface area contributed by atoms with Gasteiger partial charge in [-0.15, -0.1) is 0 Å². The number of pyridine rings is 1. The number of carbonyl (C=O) groups excluding carboxylic acids is 1. The SMILES string of the molecule is Bc1ccc2nc(C)c(C(=O)N3CCN(C)CC3)n2c1. The van der Waals surface area contributed by atoms with E-state index in [4.69, 9.17) is 0 Å². The predicted octanol–water partition coefficient (Wildman–Crippen LogP) is -0.711. The van der Waals surface area contributed by atoms with E-state index in [-0.39, 0.29) is 5.91 Å². The molecule has 0 aliphatic carbocycles. The molecule has 6 heteroatoms. The lowest BCUT2D eigenvalue weighted by molar-refractivity contribution is 0.0656. The first-order valence-electron chi connectivity index (χ1n) is 6.99. The van der Waals surface area contributed by atoms with Gasteiger partial charge >= 0.3 is 0 Å². The van der Waals surface area contributed by atoms with Gasteiger partial charge in [0.2, 0.25) is 0 Å². The van der Waals surface area contributed by atoms with Crippen molar-refractivity contribution < 1.29 is 4.79 Å². The molecule has 0 bridgehead atoms. The first kappa shape index (κ1) is 13.2. The number of rotatable bonds is 1. The minimum Gasteiger partial charge on any atom is -0.335 e. The Kier molecular flexibility index (Phi) is 3.26. The number of carbonyl (C=O) groups is 1. The maximum Gasteiger partial charge on any atom is 0.272 e. The molecule has 0 atom stereocenters. The van der Waals surface area contributed by atoms with Gasteiger partial charge in [-0.05, 0) is 20.0 Å². The Labute approximate surface area is 119 Å². The van der Waals surface area contributed by atoms with Crippen LogP contribution in [0.2, 0.25) is 0 Å². The summed E-state index contributed by atoms with van der Waals surface area (Å²) in [5.74, 6) is 0.0914. The van der Waals surface area contributed by atoms with Gasteiger partial charge < -0.3 is 9.80 Å². The molecule has 1 fully saturated rings. The van der Waals surface area contributed by atoms with Gasteiger partial charge in [0, 0.05) is 32.4 Å². The molecule has 20 heavy (non-hydrogen) atoms. The number of imidazole rings is 1. The van der Waals surface area contributed by atoms with Crippen LogP contribution in [-0.2, 0) is 0 Å². The Bertz CT molecular complexity index is 658. The van der Waals surface area contributed by atoms with Crippen LogP contribution >= 0.6 is 0 Å². The highest BCUT2D eigenvalue weighted by atomic mass is 16.2. The number of amides is 1. The van der Waals surface area contributed by atoms with Crippen molar-refractivity contribution in [2.45, 2.75) is 6.92 Å².